The maximum atomic E-state index is 11.4. The molecule has 0 saturated carbocycles. The summed E-state index contributed by atoms with van der Waals surface area (Å²) in [6, 6.07) is 1.97. The van der Waals surface area contributed by atoms with Crippen molar-refractivity contribution in [2.24, 2.45) is 0 Å². The van der Waals surface area contributed by atoms with Crippen molar-refractivity contribution in [3.63, 3.8) is 0 Å². The molecule has 4 nitrogen and oxygen atoms in total. The first kappa shape index (κ1) is 11.9. The van der Waals surface area contributed by atoms with Gasteiger partial charge in [-0.25, -0.2) is 0 Å². The van der Waals surface area contributed by atoms with E-state index >= 15 is 0 Å². The number of nitriles is 1. The normalized spacial score (nSPS) is 9.31. The molecule has 0 heterocycles. The minimum Gasteiger partial charge on any atom is -0.384 e. The third-order valence-corrected chi connectivity index (χ3v) is 1.63. The van der Waals surface area contributed by atoms with Gasteiger partial charge in [0.05, 0.1) is 19.1 Å². The third kappa shape index (κ3) is 5.21. The smallest absolute Gasteiger partial charge is 0.225 e. The van der Waals surface area contributed by atoms with Crippen molar-refractivity contribution in [2.45, 2.75) is 19.8 Å². The summed E-state index contributed by atoms with van der Waals surface area (Å²) in [7, 11) is 1.56. The molecule has 0 aliphatic rings. The number of rotatable bonds is 6. The van der Waals surface area contributed by atoms with Crippen molar-refractivity contribution in [3.8, 4) is 6.07 Å². The predicted octanol–water partition coefficient (Wildman–Crippen LogP) is 0.785. The van der Waals surface area contributed by atoms with E-state index in [2.05, 4.69) is 0 Å². The van der Waals surface area contributed by atoms with Crippen molar-refractivity contribution in [3.05, 3.63) is 0 Å². The van der Waals surface area contributed by atoms with Crippen LogP contribution in [0.5, 0.6) is 0 Å². The van der Waals surface area contributed by atoms with E-state index in [1.807, 2.05) is 13.0 Å². The van der Waals surface area contributed by atoms with Crippen LogP contribution in [0.2, 0.25) is 0 Å². The van der Waals surface area contributed by atoms with Crippen molar-refractivity contribution >= 4 is 5.91 Å². The molecule has 0 aromatic heterocycles. The Hall–Kier alpha value is -1.08. The van der Waals surface area contributed by atoms with Gasteiger partial charge in [-0.3, -0.25) is 4.79 Å². The van der Waals surface area contributed by atoms with Crippen LogP contribution < -0.4 is 0 Å². The summed E-state index contributed by atoms with van der Waals surface area (Å²) < 4.78 is 4.79. The SMILES string of the molecule is CCCN(CC#N)C(=O)CCOC. The van der Waals surface area contributed by atoms with E-state index in [0.717, 1.165) is 6.42 Å². The van der Waals surface area contributed by atoms with Crippen LogP contribution >= 0.6 is 0 Å². The highest BCUT2D eigenvalue weighted by Gasteiger charge is 2.10. The molecule has 0 saturated heterocycles. The van der Waals surface area contributed by atoms with Gasteiger partial charge in [0.1, 0.15) is 6.54 Å². The Morgan fingerprint density at radius 2 is 2.31 bits per heavy atom. The second-order valence-electron chi connectivity index (χ2n) is 2.72. The Balaban J connectivity index is 3.89. The van der Waals surface area contributed by atoms with Crippen LogP contribution in [0.4, 0.5) is 0 Å². The number of ether oxygens (including phenoxy) is 1. The van der Waals surface area contributed by atoms with Gasteiger partial charge < -0.3 is 9.64 Å². The predicted molar refractivity (Wildman–Crippen MR) is 49.0 cm³/mol. The molecule has 0 aliphatic heterocycles. The molecule has 0 fully saturated rings. The number of methoxy groups -OCH3 is 1. The largest absolute Gasteiger partial charge is 0.384 e. The summed E-state index contributed by atoms with van der Waals surface area (Å²) in [5, 5.41) is 8.46. The molecule has 0 N–H and O–H groups in total. The first-order valence-electron chi connectivity index (χ1n) is 4.39. The molecular formula is C9H16N2O2. The second-order valence-corrected chi connectivity index (χ2v) is 2.72. The highest BCUT2D eigenvalue weighted by atomic mass is 16.5. The van der Waals surface area contributed by atoms with E-state index in [-0.39, 0.29) is 12.5 Å². The van der Waals surface area contributed by atoms with Gasteiger partial charge >= 0.3 is 0 Å². The van der Waals surface area contributed by atoms with Crippen LogP contribution in [0.25, 0.3) is 0 Å². The fourth-order valence-electron chi connectivity index (χ4n) is 0.995. The van der Waals surface area contributed by atoms with Crippen LogP contribution in [0.1, 0.15) is 19.8 Å². The number of amides is 1. The first-order valence-corrected chi connectivity index (χ1v) is 4.39. The van der Waals surface area contributed by atoms with Crippen molar-refractivity contribution in [1.82, 2.24) is 4.90 Å². The van der Waals surface area contributed by atoms with Gasteiger partial charge in [-0.1, -0.05) is 6.92 Å². The van der Waals surface area contributed by atoms with Crippen LogP contribution in [0, 0.1) is 11.3 Å². The highest BCUT2D eigenvalue weighted by Crippen LogP contribution is 1.96. The number of carbonyl (C=O) groups is 1. The Bertz CT molecular complexity index is 187. The number of carbonyl (C=O) groups excluding carboxylic acids is 1. The summed E-state index contributed by atoms with van der Waals surface area (Å²) in [4.78, 5) is 12.9. The molecule has 0 unspecified atom stereocenters. The molecule has 0 aromatic rings. The summed E-state index contributed by atoms with van der Waals surface area (Å²) in [6.07, 6.45) is 1.23. The molecule has 0 bridgehead atoms. The van der Waals surface area contributed by atoms with Crippen LogP contribution in [0.3, 0.4) is 0 Å². The molecule has 0 atom stereocenters. The zero-order chi connectivity index (χ0) is 10.1. The Kier molecular flexibility index (Phi) is 6.93. The molecule has 74 valence electrons. The third-order valence-electron chi connectivity index (χ3n) is 1.63. The van der Waals surface area contributed by atoms with E-state index in [4.69, 9.17) is 10.00 Å². The summed E-state index contributed by atoms with van der Waals surface area (Å²) in [6.45, 7) is 3.23. The Morgan fingerprint density at radius 3 is 2.77 bits per heavy atom. The average Bonchev–Trinajstić information content (AvgIpc) is 2.14. The molecule has 0 aromatic carbocycles. The quantitative estimate of drug-likeness (QED) is 0.573. The van der Waals surface area contributed by atoms with E-state index in [0.29, 0.717) is 19.6 Å². The summed E-state index contributed by atoms with van der Waals surface area (Å²) in [5.41, 5.74) is 0. The van der Waals surface area contributed by atoms with Crippen molar-refractivity contribution in [2.75, 3.05) is 26.8 Å². The fourth-order valence-corrected chi connectivity index (χ4v) is 0.995. The lowest BCUT2D eigenvalue weighted by molar-refractivity contribution is -0.131. The topological polar surface area (TPSA) is 53.3 Å². The van der Waals surface area contributed by atoms with Gasteiger partial charge in [0.15, 0.2) is 0 Å². The summed E-state index contributed by atoms with van der Waals surface area (Å²) in [5.74, 6) is -0.00903. The molecular weight excluding hydrogens is 168 g/mol. The molecule has 0 aliphatic carbocycles. The van der Waals surface area contributed by atoms with Gasteiger partial charge in [-0.05, 0) is 6.42 Å². The number of hydrogen-bond acceptors (Lipinski definition) is 3. The lowest BCUT2D eigenvalue weighted by atomic mass is 10.3. The van der Waals surface area contributed by atoms with Gasteiger partial charge in [-0.2, -0.15) is 5.26 Å². The fraction of sp³-hybridized carbons (Fsp3) is 0.778. The van der Waals surface area contributed by atoms with E-state index in [1.54, 1.807) is 12.0 Å². The minimum absolute atomic E-state index is 0.00903. The van der Waals surface area contributed by atoms with E-state index in [1.165, 1.54) is 0 Å². The van der Waals surface area contributed by atoms with Gasteiger partial charge in [0.25, 0.3) is 0 Å². The lowest BCUT2D eigenvalue weighted by Gasteiger charge is -2.18. The monoisotopic (exact) mass is 184 g/mol. The molecule has 0 rings (SSSR count). The summed E-state index contributed by atoms with van der Waals surface area (Å²) >= 11 is 0. The average molecular weight is 184 g/mol. The second kappa shape index (κ2) is 7.56. The van der Waals surface area contributed by atoms with Crippen LogP contribution in [-0.4, -0.2) is 37.6 Å². The highest BCUT2D eigenvalue weighted by molar-refractivity contribution is 5.76. The van der Waals surface area contributed by atoms with Crippen LogP contribution in [0.15, 0.2) is 0 Å². The lowest BCUT2D eigenvalue weighted by Crippen LogP contribution is -2.32. The van der Waals surface area contributed by atoms with Gasteiger partial charge in [0, 0.05) is 13.7 Å². The van der Waals surface area contributed by atoms with E-state index < -0.39 is 0 Å². The maximum absolute atomic E-state index is 11.4. The number of hydrogen-bond donors (Lipinski definition) is 0. The Labute approximate surface area is 79.1 Å². The van der Waals surface area contributed by atoms with Crippen molar-refractivity contribution < 1.29 is 9.53 Å². The molecule has 4 heteroatoms. The first-order chi connectivity index (χ1) is 6.26. The zero-order valence-electron chi connectivity index (χ0n) is 8.25. The van der Waals surface area contributed by atoms with Gasteiger partial charge in [-0.15, -0.1) is 0 Å². The Morgan fingerprint density at radius 1 is 1.62 bits per heavy atom. The van der Waals surface area contributed by atoms with E-state index in [9.17, 15) is 4.79 Å². The molecule has 13 heavy (non-hydrogen) atoms. The number of nitrogens with zero attached hydrogens (tertiary/aromatic N) is 2. The minimum atomic E-state index is -0.00903. The maximum Gasteiger partial charge on any atom is 0.225 e. The zero-order valence-corrected chi connectivity index (χ0v) is 8.25. The van der Waals surface area contributed by atoms with Crippen molar-refractivity contribution in [1.29, 1.82) is 5.26 Å². The van der Waals surface area contributed by atoms with Crippen LogP contribution in [-0.2, 0) is 9.53 Å². The van der Waals surface area contributed by atoms with Gasteiger partial charge in [0.2, 0.25) is 5.91 Å². The molecule has 0 spiro atoms. The standard InChI is InChI=1S/C9H16N2O2/c1-3-6-11(7-5-10)9(12)4-8-13-2/h3-4,6-8H2,1-2H3. The molecule has 1 amide bonds. The molecule has 0 radical (unpaired) electrons.